The molecule has 0 radical (unpaired) electrons. The molecular weight excluding hydrogens is 290 g/mol. The Morgan fingerprint density at radius 3 is 2.78 bits per heavy atom. The summed E-state index contributed by atoms with van der Waals surface area (Å²) in [6.45, 7) is 7.47. The fourth-order valence-corrected chi connectivity index (χ4v) is 2.34. The molecule has 0 fully saturated rings. The van der Waals surface area contributed by atoms with Gasteiger partial charge in [-0.05, 0) is 30.9 Å². The predicted octanol–water partition coefficient (Wildman–Crippen LogP) is 2.98. The van der Waals surface area contributed by atoms with Crippen LogP contribution in [0.3, 0.4) is 0 Å². The number of para-hydroxylation sites is 1. The summed E-state index contributed by atoms with van der Waals surface area (Å²) in [7, 11) is 0. The first-order chi connectivity index (χ1) is 11.1. The van der Waals surface area contributed by atoms with Crippen LogP contribution in [0.5, 0.6) is 5.75 Å². The van der Waals surface area contributed by atoms with Crippen molar-refractivity contribution in [3.05, 3.63) is 48.5 Å². The van der Waals surface area contributed by atoms with Crippen LogP contribution in [0.15, 0.2) is 43.0 Å². The Morgan fingerprint density at radius 1 is 1.30 bits per heavy atom. The van der Waals surface area contributed by atoms with Crippen LogP contribution in [0.2, 0.25) is 0 Å². The number of hydrogen-bond donors (Lipinski definition) is 1. The summed E-state index contributed by atoms with van der Waals surface area (Å²) in [4.78, 5) is 16.1. The number of nitrogens with one attached hydrogen (secondary N) is 1. The molecule has 124 valence electrons. The van der Waals surface area contributed by atoms with Crippen molar-refractivity contribution in [1.29, 1.82) is 0 Å². The van der Waals surface area contributed by atoms with E-state index in [2.05, 4.69) is 24.1 Å². The van der Waals surface area contributed by atoms with E-state index in [1.165, 1.54) is 0 Å². The van der Waals surface area contributed by atoms with Crippen LogP contribution < -0.4 is 10.1 Å². The molecule has 1 amide bonds. The summed E-state index contributed by atoms with van der Waals surface area (Å²) in [6, 6.07) is 7.87. The Hall–Kier alpha value is -2.30. The maximum absolute atomic E-state index is 12.1. The number of imidazole rings is 1. The van der Waals surface area contributed by atoms with Crippen LogP contribution in [-0.4, -0.2) is 28.1 Å². The van der Waals surface area contributed by atoms with Crippen LogP contribution in [0.4, 0.5) is 0 Å². The minimum atomic E-state index is -0.511. The van der Waals surface area contributed by atoms with E-state index in [-0.39, 0.29) is 5.91 Å². The Bertz CT molecular complexity index is 608. The van der Waals surface area contributed by atoms with E-state index in [0.29, 0.717) is 12.5 Å². The molecule has 1 heterocycles. The van der Waals surface area contributed by atoms with Gasteiger partial charge in [0, 0.05) is 25.5 Å². The van der Waals surface area contributed by atoms with Crippen molar-refractivity contribution < 1.29 is 9.53 Å². The Kier molecular flexibility index (Phi) is 6.20. The molecule has 2 aromatic rings. The topological polar surface area (TPSA) is 56.1 Å². The summed E-state index contributed by atoms with van der Waals surface area (Å²) >= 11 is 0. The molecule has 5 heteroatoms. The molecule has 0 aliphatic heterocycles. The standard InChI is InChI=1S/C18H25N3O2/c1-14(2)16-7-4-5-8-17(16)23-15(3)18(22)20-9-6-11-21-12-10-19-13-21/h4-5,7-8,10,12-15H,6,9,11H2,1-3H3,(H,20,22)/t15-/m0/s1. The lowest BCUT2D eigenvalue weighted by atomic mass is 10.0. The lowest BCUT2D eigenvalue weighted by Gasteiger charge is -2.18. The van der Waals surface area contributed by atoms with Crippen LogP contribution in [0, 0.1) is 0 Å². The summed E-state index contributed by atoms with van der Waals surface area (Å²) in [6.07, 6.45) is 5.79. The second-order valence-electron chi connectivity index (χ2n) is 5.90. The molecule has 0 unspecified atom stereocenters. The number of ether oxygens (including phenoxy) is 1. The molecule has 5 nitrogen and oxygen atoms in total. The molecular formula is C18H25N3O2. The molecule has 1 aromatic carbocycles. The van der Waals surface area contributed by atoms with Gasteiger partial charge >= 0.3 is 0 Å². The van der Waals surface area contributed by atoms with Gasteiger partial charge in [0.25, 0.3) is 5.91 Å². The molecule has 0 saturated carbocycles. The fourth-order valence-electron chi connectivity index (χ4n) is 2.34. The zero-order valence-corrected chi connectivity index (χ0v) is 14.0. The Balaban J connectivity index is 1.78. The molecule has 0 aliphatic carbocycles. The van der Waals surface area contributed by atoms with Crippen molar-refractivity contribution in [2.75, 3.05) is 6.54 Å². The largest absolute Gasteiger partial charge is 0.481 e. The van der Waals surface area contributed by atoms with Gasteiger partial charge in [0.2, 0.25) is 0 Å². The van der Waals surface area contributed by atoms with Crippen molar-refractivity contribution in [2.24, 2.45) is 0 Å². The molecule has 0 spiro atoms. The van der Waals surface area contributed by atoms with Gasteiger partial charge in [0.1, 0.15) is 5.75 Å². The SMILES string of the molecule is CC(C)c1ccccc1O[C@@H](C)C(=O)NCCCn1ccnc1. The molecule has 0 bridgehead atoms. The lowest BCUT2D eigenvalue weighted by Crippen LogP contribution is -2.37. The van der Waals surface area contributed by atoms with Gasteiger partial charge in [0.05, 0.1) is 6.33 Å². The number of rotatable bonds is 8. The van der Waals surface area contributed by atoms with Crippen LogP contribution >= 0.6 is 0 Å². The number of carbonyl (C=O) groups excluding carboxylic acids is 1. The summed E-state index contributed by atoms with van der Waals surface area (Å²) < 4.78 is 7.84. The lowest BCUT2D eigenvalue weighted by molar-refractivity contribution is -0.127. The van der Waals surface area contributed by atoms with Crippen molar-refractivity contribution in [3.8, 4) is 5.75 Å². The number of nitrogens with zero attached hydrogens (tertiary/aromatic N) is 2. The highest BCUT2D eigenvalue weighted by Crippen LogP contribution is 2.26. The minimum absolute atomic E-state index is 0.0887. The van der Waals surface area contributed by atoms with E-state index in [1.54, 1.807) is 19.4 Å². The highest BCUT2D eigenvalue weighted by molar-refractivity contribution is 5.80. The van der Waals surface area contributed by atoms with E-state index < -0.39 is 6.10 Å². The first kappa shape index (κ1) is 17.1. The van der Waals surface area contributed by atoms with Crippen molar-refractivity contribution in [3.63, 3.8) is 0 Å². The van der Waals surface area contributed by atoms with Gasteiger partial charge in [0.15, 0.2) is 6.10 Å². The summed E-state index contributed by atoms with van der Waals surface area (Å²) in [5.74, 6) is 1.05. The predicted molar refractivity (Wildman–Crippen MR) is 90.5 cm³/mol. The quantitative estimate of drug-likeness (QED) is 0.762. The van der Waals surface area contributed by atoms with Crippen LogP contribution in [0.25, 0.3) is 0 Å². The number of aryl methyl sites for hydroxylation is 1. The second-order valence-corrected chi connectivity index (χ2v) is 5.90. The van der Waals surface area contributed by atoms with Crippen molar-refractivity contribution in [2.45, 2.75) is 45.8 Å². The third kappa shape index (κ3) is 5.13. The maximum atomic E-state index is 12.1. The third-order valence-electron chi connectivity index (χ3n) is 3.67. The minimum Gasteiger partial charge on any atom is -0.481 e. The number of hydrogen-bond acceptors (Lipinski definition) is 3. The average molecular weight is 315 g/mol. The maximum Gasteiger partial charge on any atom is 0.260 e. The zero-order chi connectivity index (χ0) is 16.7. The van der Waals surface area contributed by atoms with E-state index in [1.807, 2.05) is 35.0 Å². The summed E-state index contributed by atoms with van der Waals surface area (Å²) in [5, 5.41) is 2.92. The highest BCUT2D eigenvalue weighted by atomic mass is 16.5. The molecule has 1 aromatic heterocycles. The smallest absolute Gasteiger partial charge is 0.260 e. The summed E-state index contributed by atoms with van der Waals surface area (Å²) in [5.41, 5.74) is 1.12. The van der Waals surface area contributed by atoms with E-state index >= 15 is 0 Å². The van der Waals surface area contributed by atoms with Gasteiger partial charge in [-0.1, -0.05) is 32.0 Å². The highest BCUT2D eigenvalue weighted by Gasteiger charge is 2.16. The van der Waals surface area contributed by atoms with E-state index in [9.17, 15) is 4.79 Å². The first-order valence-electron chi connectivity index (χ1n) is 8.07. The van der Waals surface area contributed by atoms with Gasteiger partial charge in [-0.15, -0.1) is 0 Å². The van der Waals surface area contributed by atoms with Gasteiger partial charge < -0.3 is 14.6 Å². The molecule has 2 rings (SSSR count). The van der Waals surface area contributed by atoms with Gasteiger partial charge in [-0.2, -0.15) is 0 Å². The molecule has 0 aliphatic rings. The van der Waals surface area contributed by atoms with Gasteiger partial charge in [-0.3, -0.25) is 4.79 Å². The second kappa shape index (κ2) is 8.36. The third-order valence-corrected chi connectivity index (χ3v) is 3.67. The number of carbonyl (C=O) groups is 1. The Labute approximate surface area is 137 Å². The van der Waals surface area contributed by atoms with Crippen LogP contribution in [-0.2, 0) is 11.3 Å². The number of amides is 1. The van der Waals surface area contributed by atoms with E-state index in [0.717, 1.165) is 24.3 Å². The first-order valence-corrected chi connectivity index (χ1v) is 8.07. The molecule has 23 heavy (non-hydrogen) atoms. The Morgan fingerprint density at radius 2 is 2.09 bits per heavy atom. The zero-order valence-electron chi connectivity index (χ0n) is 14.0. The monoisotopic (exact) mass is 315 g/mol. The molecule has 1 N–H and O–H groups in total. The number of benzene rings is 1. The molecule has 0 saturated heterocycles. The van der Waals surface area contributed by atoms with Gasteiger partial charge in [-0.25, -0.2) is 4.98 Å². The van der Waals surface area contributed by atoms with Crippen molar-refractivity contribution in [1.82, 2.24) is 14.9 Å². The normalized spacial score (nSPS) is 12.2. The van der Waals surface area contributed by atoms with Crippen LogP contribution in [0.1, 0.15) is 38.7 Å². The van der Waals surface area contributed by atoms with Crippen molar-refractivity contribution >= 4 is 5.91 Å². The van der Waals surface area contributed by atoms with E-state index in [4.69, 9.17) is 4.74 Å². The average Bonchev–Trinajstić information content (AvgIpc) is 3.05. The molecule has 1 atom stereocenters. The fraction of sp³-hybridized carbons (Fsp3) is 0.444. The number of aromatic nitrogens is 2.